The van der Waals surface area contributed by atoms with E-state index < -0.39 is 8.07 Å². The molecule has 0 amide bonds. The molecule has 1 aromatic heterocycles. The van der Waals surface area contributed by atoms with Crippen molar-refractivity contribution in [3.63, 3.8) is 0 Å². The minimum Gasteiger partial charge on any atom is -0.310 e. The van der Waals surface area contributed by atoms with E-state index in [0.29, 0.717) is 0 Å². The molecule has 0 bridgehead atoms. The number of nitrogens with zero attached hydrogens (tertiary/aromatic N) is 2. The van der Waals surface area contributed by atoms with Crippen LogP contribution in [0.2, 0.25) is 0 Å². The van der Waals surface area contributed by atoms with E-state index in [1.54, 1.807) is 0 Å². The summed E-state index contributed by atoms with van der Waals surface area (Å²) in [5.41, 5.74) is 9.25. The van der Waals surface area contributed by atoms with Crippen molar-refractivity contribution in [2.45, 2.75) is 0 Å². The zero-order valence-corrected chi connectivity index (χ0v) is 36.8. The van der Waals surface area contributed by atoms with Crippen molar-refractivity contribution in [1.82, 2.24) is 4.57 Å². The lowest BCUT2D eigenvalue weighted by molar-refractivity contribution is 1.18. The van der Waals surface area contributed by atoms with Crippen molar-refractivity contribution >= 4 is 89.2 Å². The van der Waals surface area contributed by atoms with Crippen molar-refractivity contribution in [2.24, 2.45) is 0 Å². The van der Waals surface area contributed by atoms with Gasteiger partial charge in [0.1, 0.15) is 0 Å². The van der Waals surface area contributed by atoms with Crippen molar-refractivity contribution in [3.05, 3.63) is 267 Å². The minimum absolute atomic E-state index is 1.09. The second-order valence-corrected chi connectivity index (χ2v) is 20.6. The molecule has 12 aromatic rings. The highest BCUT2D eigenvalue weighted by Crippen LogP contribution is 2.44. The first-order valence-electron chi connectivity index (χ1n) is 22.4. The molecule has 306 valence electrons. The summed E-state index contributed by atoms with van der Waals surface area (Å²) in [6.45, 7) is 0. The fraction of sp³-hybridized carbons (Fsp3) is 0. The van der Waals surface area contributed by atoms with E-state index in [4.69, 9.17) is 0 Å². The van der Waals surface area contributed by atoms with Crippen LogP contribution in [0, 0.1) is 0 Å². The predicted molar refractivity (Wildman–Crippen MR) is 280 cm³/mol. The van der Waals surface area contributed by atoms with Gasteiger partial charge in [0.2, 0.25) is 0 Å². The van der Waals surface area contributed by atoms with E-state index in [9.17, 15) is 0 Å². The molecule has 0 fully saturated rings. The van der Waals surface area contributed by atoms with Crippen LogP contribution in [0.3, 0.4) is 0 Å². The molecular formula is C62H44N2Si. The van der Waals surface area contributed by atoms with Crippen LogP contribution in [-0.4, -0.2) is 12.6 Å². The standard InChI is InChI=1S/C62H44N2Si/c1-5-23-47(24-6-1)64-59-37-18-17-35-58(59)62-55(36-20-38-60(62)64)45-22-19-25-49(43-45)63(61-44-46-21-13-14-32-54(46)56-33-15-16-34-57(56)61)48-39-41-53(42-40-48)65(50-26-7-2-8-27-50,51-28-9-3-10-29-51)52-30-11-4-12-31-52/h1-44H. The first-order chi connectivity index (χ1) is 32.3. The summed E-state index contributed by atoms with van der Waals surface area (Å²) < 4.78 is 2.40. The van der Waals surface area contributed by atoms with Crippen LogP contribution in [0.5, 0.6) is 0 Å². The zero-order valence-electron chi connectivity index (χ0n) is 35.8. The average molecular weight is 845 g/mol. The lowest BCUT2D eigenvalue weighted by atomic mass is 9.97. The Morgan fingerprint density at radius 2 is 0.831 bits per heavy atom. The normalized spacial score (nSPS) is 11.7. The Bertz CT molecular complexity index is 3540. The van der Waals surface area contributed by atoms with Crippen LogP contribution in [-0.2, 0) is 0 Å². The number of anilines is 3. The van der Waals surface area contributed by atoms with E-state index in [0.717, 1.165) is 22.7 Å². The first kappa shape index (κ1) is 38.4. The lowest BCUT2D eigenvalue weighted by Gasteiger charge is -2.35. The van der Waals surface area contributed by atoms with E-state index >= 15 is 0 Å². The molecule has 12 rings (SSSR count). The van der Waals surface area contributed by atoms with E-state index in [1.165, 1.54) is 75.2 Å². The molecule has 3 heteroatoms. The summed E-state index contributed by atoms with van der Waals surface area (Å²) in [4.78, 5) is 2.48. The number of aromatic nitrogens is 1. The molecule has 0 saturated carbocycles. The Hall–Kier alpha value is -8.24. The highest BCUT2D eigenvalue weighted by atomic mass is 28.3. The van der Waals surface area contributed by atoms with Gasteiger partial charge in [-0.3, -0.25) is 0 Å². The Morgan fingerprint density at radius 1 is 0.323 bits per heavy atom. The maximum atomic E-state index is 2.48. The smallest absolute Gasteiger partial charge is 0.179 e. The van der Waals surface area contributed by atoms with Crippen molar-refractivity contribution in [3.8, 4) is 16.8 Å². The first-order valence-corrected chi connectivity index (χ1v) is 24.4. The molecule has 2 nitrogen and oxygen atoms in total. The van der Waals surface area contributed by atoms with E-state index in [2.05, 4.69) is 276 Å². The molecule has 11 aromatic carbocycles. The van der Waals surface area contributed by atoms with E-state index in [-0.39, 0.29) is 0 Å². The summed E-state index contributed by atoms with van der Waals surface area (Å²) in [7, 11) is -2.74. The molecule has 0 aliphatic rings. The van der Waals surface area contributed by atoms with E-state index in [1.807, 2.05) is 0 Å². The molecule has 0 aliphatic heterocycles. The second-order valence-electron chi connectivity index (χ2n) is 16.8. The highest BCUT2D eigenvalue weighted by Gasteiger charge is 2.41. The maximum Gasteiger partial charge on any atom is 0.179 e. The summed E-state index contributed by atoms with van der Waals surface area (Å²) in [6.07, 6.45) is 0. The number of benzene rings is 11. The molecule has 1 heterocycles. The number of para-hydroxylation sites is 2. The zero-order chi connectivity index (χ0) is 43.2. The van der Waals surface area contributed by atoms with Gasteiger partial charge in [0, 0.05) is 33.2 Å². The van der Waals surface area contributed by atoms with Crippen LogP contribution < -0.4 is 25.6 Å². The van der Waals surface area contributed by atoms with Gasteiger partial charge < -0.3 is 9.47 Å². The minimum atomic E-state index is -2.74. The molecule has 0 radical (unpaired) electrons. The van der Waals surface area contributed by atoms with Crippen LogP contribution >= 0.6 is 0 Å². The quantitative estimate of drug-likeness (QED) is 0.0798. The molecular weight excluding hydrogens is 801 g/mol. The average Bonchev–Trinajstić information content (AvgIpc) is 3.73. The number of rotatable bonds is 9. The summed E-state index contributed by atoms with van der Waals surface area (Å²) >= 11 is 0. The van der Waals surface area contributed by atoms with Gasteiger partial charge in [0.25, 0.3) is 0 Å². The third-order valence-electron chi connectivity index (χ3n) is 13.3. The van der Waals surface area contributed by atoms with Gasteiger partial charge in [0.15, 0.2) is 8.07 Å². The predicted octanol–water partition coefficient (Wildman–Crippen LogP) is 13.6. The molecule has 0 aliphatic carbocycles. The third-order valence-corrected chi connectivity index (χ3v) is 18.1. The fourth-order valence-corrected chi connectivity index (χ4v) is 15.2. The second kappa shape index (κ2) is 16.1. The monoisotopic (exact) mass is 844 g/mol. The van der Waals surface area contributed by atoms with Crippen molar-refractivity contribution in [1.29, 1.82) is 0 Å². The van der Waals surface area contributed by atoms with Gasteiger partial charge in [-0.1, -0.05) is 212 Å². The van der Waals surface area contributed by atoms with Crippen molar-refractivity contribution < 1.29 is 0 Å². The molecule has 65 heavy (non-hydrogen) atoms. The SMILES string of the molecule is c1ccc(-n2c3ccccc3c3c(-c4cccc(N(c5ccc([Si](c6ccccc6)(c6ccccc6)c6ccccc6)cc5)c5cc6ccccc6c6ccccc56)c4)cccc32)cc1. The fourth-order valence-electron chi connectivity index (χ4n) is 10.5. The molecule has 0 N–H and O–H groups in total. The Kier molecular flexibility index (Phi) is 9.55. The number of fused-ring (bicyclic) bond motifs is 6. The van der Waals surface area contributed by atoms with Gasteiger partial charge in [-0.15, -0.1) is 0 Å². The molecule has 0 unspecified atom stereocenters. The number of hydrogen-bond acceptors (Lipinski definition) is 1. The largest absolute Gasteiger partial charge is 0.310 e. The molecule has 0 saturated heterocycles. The summed E-state index contributed by atoms with van der Waals surface area (Å²) in [6, 6.07) is 98.5. The highest BCUT2D eigenvalue weighted by molar-refractivity contribution is 7.19. The van der Waals surface area contributed by atoms with Crippen LogP contribution in [0.25, 0.3) is 60.2 Å². The summed E-state index contributed by atoms with van der Waals surface area (Å²) in [5.74, 6) is 0. The molecule has 0 spiro atoms. The van der Waals surface area contributed by atoms with Gasteiger partial charge >= 0.3 is 0 Å². The maximum absolute atomic E-state index is 2.74. The van der Waals surface area contributed by atoms with Crippen LogP contribution in [0.4, 0.5) is 17.1 Å². The lowest BCUT2D eigenvalue weighted by Crippen LogP contribution is -2.74. The number of hydrogen-bond donors (Lipinski definition) is 0. The van der Waals surface area contributed by atoms with Crippen molar-refractivity contribution in [2.75, 3.05) is 4.90 Å². The molecule has 0 atom stereocenters. The van der Waals surface area contributed by atoms with Gasteiger partial charge in [-0.2, -0.15) is 0 Å². The van der Waals surface area contributed by atoms with Gasteiger partial charge in [-0.25, -0.2) is 0 Å². The Labute approximate surface area is 380 Å². The Morgan fingerprint density at radius 3 is 1.49 bits per heavy atom. The topological polar surface area (TPSA) is 8.17 Å². The van der Waals surface area contributed by atoms with Gasteiger partial charge in [0.05, 0.1) is 16.7 Å². The Balaban J connectivity index is 1.09. The third kappa shape index (κ3) is 6.39. The summed E-state index contributed by atoms with van der Waals surface area (Å²) in [5, 5.41) is 12.8. The van der Waals surface area contributed by atoms with Crippen LogP contribution in [0.1, 0.15) is 0 Å². The van der Waals surface area contributed by atoms with Gasteiger partial charge in [-0.05, 0) is 103 Å². The van der Waals surface area contributed by atoms with Crippen LogP contribution in [0.15, 0.2) is 267 Å².